The predicted molar refractivity (Wildman–Crippen MR) is 64.2 cm³/mol. The van der Waals surface area contributed by atoms with E-state index in [1.807, 2.05) is 0 Å². The van der Waals surface area contributed by atoms with Crippen molar-refractivity contribution in [2.45, 2.75) is 48.5 Å². The van der Waals surface area contributed by atoms with Gasteiger partial charge in [-0.2, -0.15) is 0 Å². The molecule has 0 aromatic rings. The third-order valence-electron chi connectivity index (χ3n) is 5.67. The van der Waals surface area contributed by atoms with Crippen molar-refractivity contribution >= 4 is 0 Å². The molecule has 0 aromatic heterocycles. The Morgan fingerprint density at radius 1 is 0.929 bits per heavy atom. The summed E-state index contributed by atoms with van der Waals surface area (Å²) >= 11 is 0. The van der Waals surface area contributed by atoms with Crippen molar-refractivity contribution in [2.24, 2.45) is 28.1 Å². The molecule has 0 radical (unpaired) electrons. The highest BCUT2D eigenvalue weighted by Crippen LogP contribution is 2.66. The Kier molecular flexibility index (Phi) is 2.42. The van der Waals surface area contributed by atoms with Crippen LogP contribution in [0.2, 0.25) is 0 Å². The van der Waals surface area contributed by atoms with Gasteiger partial charge in [0.25, 0.3) is 0 Å². The van der Waals surface area contributed by atoms with Crippen LogP contribution in [-0.2, 0) is 0 Å². The topological polar surface area (TPSA) is 0 Å². The molecule has 82 valence electrons. The Balaban J connectivity index is 3.29. The number of hydrogen-bond donors (Lipinski definition) is 0. The van der Waals surface area contributed by atoms with E-state index in [4.69, 9.17) is 0 Å². The first kappa shape index (κ1) is 11.8. The Morgan fingerprint density at radius 3 is 1.50 bits per heavy atom. The summed E-state index contributed by atoms with van der Waals surface area (Å²) in [4.78, 5) is 0. The molecule has 0 heteroatoms. The quantitative estimate of drug-likeness (QED) is 0.538. The fourth-order valence-corrected chi connectivity index (χ4v) is 3.69. The molecule has 1 aliphatic rings. The van der Waals surface area contributed by atoms with E-state index in [0.29, 0.717) is 22.2 Å². The van der Waals surface area contributed by atoms with Crippen LogP contribution in [0.15, 0.2) is 12.7 Å². The maximum atomic E-state index is 4.03. The Hall–Kier alpha value is -0.260. The highest BCUT2D eigenvalue weighted by atomic mass is 14.6. The second-order valence-corrected chi connectivity index (χ2v) is 6.70. The SMILES string of the molecule is C=CC1C(C)(C)C(C)C(C)(C)C1(C)C. The summed E-state index contributed by atoms with van der Waals surface area (Å²) in [5.74, 6) is 1.34. The molecule has 1 fully saturated rings. The van der Waals surface area contributed by atoms with Gasteiger partial charge >= 0.3 is 0 Å². The molecule has 1 aliphatic carbocycles. The largest absolute Gasteiger partial charge is 0.103 e. The molecule has 0 amide bonds. The fraction of sp³-hybridized carbons (Fsp3) is 0.857. The summed E-state index contributed by atoms with van der Waals surface area (Å²) in [7, 11) is 0. The maximum absolute atomic E-state index is 4.03. The first-order chi connectivity index (χ1) is 6.10. The van der Waals surface area contributed by atoms with E-state index < -0.39 is 0 Å². The zero-order valence-electron chi connectivity index (χ0n) is 10.9. The molecule has 0 aromatic carbocycles. The third kappa shape index (κ3) is 1.12. The van der Waals surface area contributed by atoms with Gasteiger partial charge in [-0.25, -0.2) is 0 Å². The fourth-order valence-electron chi connectivity index (χ4n) is 3.69. The second kappa shape index (κ2) is 2.87. The zero-order valence-corrected chi connectivity index (χ0v) is 10.9. The molecule has 14 heavy (non-hydrogen) atoms. The van der Waals surface area contributed by atoms with Crippen molar-refractivity contribution in [3.05, 3.63) is 12.7 Å². The van der Waals surface area contributed by atoms with Crippen molar-refractivity contribution in [1.29, 1.82) is 0 Å². The monoisotopic (exact) mass is 194 g/mol. The van der Waals surface area contributed by atoms with E-state index in [9.17, 15) is 0 Å². The van der Waals surface area contributed by atoms with Crippen molar-refractivity contribution in [3.8, 4) is 0 Å². The van der Waals surface area contributed by atoms with Crippen LogP contribution >= 0.6 is 0 Å². The molecule has 2 atom stereocenters. The van der Waals surface area contributed by atoms with Gasteiger partial charge in [-0.15, -0.1) is 6.58 Å². The first-order valence-electron chi connectivity index (χ1n) is 5.72. The van der Waals surface area contributed by atoms with Crippen LogP contribution < -0.4 is 0 Å². The lowest BCUT2D eigenvalue weighted by atomic mass is 9.65. The standard InChI is InChI=1S/C14H26/c1-9-11-12(3,4)10(2)13(5,6)14(11,7)8/h9-11H,1H2,2-8H3. The summed E-state index contributed by atoms with van der Waals surface area (Å²) < 4.78 is 0. The molecular formula is C14H26. The number of rotatable bonds is 1. The van der Waals surface area contributed by atoms with Gasteiger partial charge in [0.2, 0.25) is 0 Å². The minimum absolute atomic E-state index is 0.345. The Bertz CT molecular complexity index is 243. The van der Waals surface area contributed by atoms with Gasteiger partial charge in [0, 0.05) is 0 Å². The van der Waals surface area contributed by atoms with Gasteiger partial charge < -0.3 is 0 Å². The van der Waals surface area contributed by atoms with Crippen molar-refractivity contribution in [2.75, 3.05) is 0 Å². The highest BCUT2D eigenvalue weighted by molar-refractivity contribution is 5.14. The molecule has 0 heterocycles. The summed E-state index contributed by atoms with van der Waals surface area (Å²) in [5.41, 5.74) is 1.10. The summed E-state index contributed by atoms with van der Waals surface area (Å²) in [6.07, 6.45) is 2.17. The normalized spacial score (nSPS) is 38.2. The molecule has 0 spiro atoms. The average molecular weight is 194 g/mol. The van der Waals surface area contributed by atoms with Gasteiger partial charge in [-0.1, -0.05) is 54.5 Å². The van der Waals surface area contributed by atoms with Crippen LogP contribution in [0.25, 0.3) is 0 Å². The van der Waals surface area contributed by atoms with Crippen molar-refractivity contribution < 1.29 is 0 Å². The molecule has 0 saturated heterocycles. The minimum atomic E-state index is 0.345. The smallest absolute Gasteiger partial charge is 0.0125 e. The van der Waals surface area contributed by atoms with Gasteiger partial charge in [0.15, 0.2) is 0 Å². The van der Waals surface area contributed by atoms with Crippen LogP contribution in [-0.4, -0.2) is 0 Å². The van der Waals surface area contributed by atoms with Crippen molar-refractivity contribution in [3.63, 3.8) is 0 Å². The van der Waals surface area contributed by atoms with E-state index in [1.165, 1.54) is 0 Å². The van der Waals surface area contributed by atoms with Gasteiger partial charge in [0.05, 0.1) is 0 Å². The Morgan fingerprint density at radius 2 is 1.36 bits per heavy atom. The lowest BCUT2D eigenvalue weighted by Gasteiger charge is -2.40. The number of hydrogen-bond acceptors (Lipinski definition) is 0. The molecule has 0 bridgehead atoms. The first-order valence-corrected chi connectivity index (χ1v) is 5.72. The van der Waals surface area contributed by atoms with Gasteiger partial charge in [0.1, 0.15) is 0 Å². The molecule has 0 aliphatic heterocycles. The Labute approximate surface area is 89.8 Å². The molecule has 0 N–H and O–H groups in total. The van der Waals surface area contributed by atoms with E-state index in [-0.39, 0.29) is 0 Å². The number of allylic oxidation sites excluding steroid dienone is 1. The highest BCUT2D eigenvalue weighted by Gasteiger charge is 2.60. The van der Waals surface area contributed by atoms with Crippen LogP contribution in [0.3, 0.4) is 0 Å². The lowest BCUT2D eigenvalue weighted by Crippen LogP contribution is -2.33. The molecule has 0 nitrogen and oxygen atoms in total. The summed E-state index contributed by atoms with van der Waals surface area (Å²) in [6.45, 7) is 20.8. The van der Waals surface area contributed by atoms with Crippen LogP contribution in [0, 0.1) is 28.1 Å². The molecule has 1 rings (SSSR count). The van der Waals surface area contributed by atoms with E-state index in [0.717, 1.165) is 5.92 Å². The van der Waals surface area contributed by atoms with E-state index in [2.05, 4.69) is 61.1 Å². The van der Waals surface area contributed by atoms with Crippen LogP contribution in [0.5, 0.6) is 0 Å². The van der Waals surface area contributed by atoms with E-state index >= 15 is 0 Å². The third-order valence-corrected chi connectivity index (χ3v) is 5.67. The maximum Gasteiger partial charge on any atom is -0.0125 e. The minimum Gasteiger partial charge on any atom is -0.103 e. The second-order valence-electron chi connectivity index (χ2n) is 6.70. The molecule has 2 unspecified atom stereocenters. The van der Waals surface area contributed by atoms with Crippen LogP contribution in [0.4, 0.5) is 0 Å². The average Bonchev–Trinajstić information content (AvgIpc) is 2.09. The zero-order chi connectivity index (χ0) is 11.4. The van der Waals surface area contributed by atoms with Gasteiger partial charge in [-0.05, 0) is 28.1 Å². The summed E-state index contributed by atoms with van der Waals surface area (Å²) in [5, 5.41) is 0. The van der Waals surface area contributed by atoms with E-state index in [1.54, 1.807) is 0 Å². The lowest BCUT2D eigenvalue weighted by molar-refractivity contribution is 0.0956. The molecular weight excluding hydrogens is 168 g/mol. The van der Waals surface area contributed by atoms with Gasteiger partial charge in [-0.3, -0.25) is 0 Å². The van der Waals surface area contributed by atoms with Crippen LogP contribution in [0.1, 0.15) is 48.5 Å². The molecule has 1 saturated carbocycles. The summed E-state index contributed by atoms with van der Waals surface area (Å²) in [6, 6.07) is 0. The predicted octanol–water partition coefficient (Wildman–Crippen LogP) is 4.52. The van der Waals surface area contributed by atoms with Crippen molar-refractivity contribution in [1.82, 2.24) is 0 Å².